The molecule has 0 aliphatic carbocycles. The van der Waals surface area contributed by atoms with Gasteiger partial charge in [0.2, 0.25) is 0 Å². The summed E-state index contributed by atoms with van der Waals surface area (Å²) in [7, 11) is 0. The van der Waals surface area contributed by atoms with E-state index in [4.69, 9.17) is 10.8 Å². The van der Waals surface area contributed by atoms with Crippen LogP contribution in [0, 0.1) is 0 Å². The summed E-state index contributed by atoms with van der Waals surface area (Å²) < 4.78 is 0. The number of aliphatic carboxylic acids is 1. The Bertz CT molecular complexity index is 215. The third-order valence-corrected chi connectivity index (χ3v) is 2.50. The lowest BCUT2D eigenvalue weighted by Gasteiger charge is -2.24. The molecule has 0 bridgehead atoms. The van der Waals surface area contributed by atoms with Crippen LogP contribution < -0.4 is 5.73 Å². The largest absolute Gasteiger partial charge is 0.475 e. The molecule has 1 atom stereocenters. The summed E-state index contributed by atoms with van der Waals surface area (Å²) in [5.74, 6) is -2.29. The lowest BCUT2D eigenvalue weighted by Crippen LogP contribution is -2.50. The summed E-state index contributed by atoms with van der Waals surface area (Å²) in [6.07, 6.45) is 3.65. The Hall–Kier alpha value is -0.900. The third kappa shape index (κ3) is 3.46. The third-order valence-electron chi connectivity index (χ3n) is 2.50. The zero-order valence-corrected chi connectivity index (χ0v) is 8.88. The molecule has 0 saturated heterocycles. The number of ketones is 1. The maximum atomic E-state index is 11.3. The first-order valence-corrected chi connectivity index (χ1v) is 5.04. The van der Waals surface area contributed by atoms with Gasteiger partial charge >= 0.3 is 5.97 Å². The number of unbranched alkanes of at least 4 members (excludes halogenated alkanes) is 2. The summed E-state index contributed by atoms with van der Waals surface area (Å²) in [5, 5.41) is 8.58. The molecule has 0 aliphatic heterocycles. The zero-order chi connectivity index (χ0) is 11.2. The van der Waals surface area contributed by atoms with Gasteiger partial charge in [0, 0.05) is 0 Å². The number of carbonyl (C=O) groups is 2. The van der Waals surface area contributed by atoms with Gasteiger partial charge in [-0.05, 0) is 12.8 Å². The van der Waals surface area contributed by atoms with Gasteiger partial charge in [0.15, 0.2) is 0 Å². The summed E-state index contributed by atoms with van der Waals surface area (Å²) in [6.45, 7) is 3.79. The van der Waals surface area contributed by atoms with Crippen molar-refractivity contribution in [2.75, 3.05) is 0 Å². The minimum absolute atomic E-state index is 0.377. The van der Waals surface area contributed by atoms with Gasteiger partial charge in [-0.3, -0.25) is 4.79 Å². The van der Waals surface area contributed by atoms with Gasteiger partial charge in [-0.15, -0.1) is 0 Å². The molecule has 0 radical (unpaired) electrons. The molecule has 0 aromatic rings. The molecule has 14 heavy (non-hydrogen) atoms. The Kier molecular flexibility index (Phi) is 5.38. The van der Waals surface area contributed by atoms with Crippen molar-refractivity contribution < 1.29 is 14.7 Å². The number of carboxylic acid groups (broad SMARTS) is 1. The van der Waals surface area contributed by atoms with Gasteiger partial charge in [0.05, 0.1) is 5.54 Å². The summed E-state index contributed by atoms with van der Waals surface area (Å²) in [6, 6.07) is 0. The van der Waals surface area contributed by atoms with E-state index < -0.39 is 17.3 Å². The van der Waals surface area contributed by atoms with Crippen molar-refractivity contribution >= 4 is 11.8 Å². The van der Waals surface area contributed by atoms with Gasteiger partial charge in [0.1, 0.15) is 0 Å². The maximum absolute atomic E-state index is 11.3. The molecule has 0 heterocycles. The number of nitrogens with two attached hydrogens (primary N) is 1. The number of hydrogen-bond acceptors (Lipinski definition) is 3. The van der Waals surface area contributed by atoms with Crippen LogP contribution in [0.15, 0.2) is 0 Å². The zero-order valence-electron chi connectivity index (χ0n) is 8.88. The van der Waals surface area contributed by atoms with E-state index in [1.807, 2.05) is 6.92 Å². The van der Waals surface area contributed by atoms with Crippen LogP contribution in [0.3, 0.4) is 0 Å². The van der Waals surface area contributed by atoms with E-state index in [0.29, 0.717) is 12.8 Å². The molecule has 1 unspecified atom stereocenters. The fourth-order valence-corrected chi connectivity index (χ4v) is 1.35. The maximum Gasteiger partial charge on any atom is 0.374 e. The Balaban J connectivity index is 4.31. The highest BCUT2D eigenvalue weighted by atomic mass is 16.4. The topological polar surface area (TPSA) is 80.4 Å². The van der Waals surface area contributed by atoms with Gasteiger partial charge in [-0.2, -0.15) is 0 Å². The normalized spacial score (nSPS) is 14.8. The van der Waals surface area contributed by atoms with Crippen LogP contribution in [-0.4, -0.2) is 22.4 Å². The molecular formula is C10H19NO3. The monoisotopic (exact) mass is 201 g/mol. The average Bonchev–Trinajstić information content (AvgIpc) is 2.16. The number of rotatable bonds is 7. The van der Waals surface area contributed by atoms with E-state index in [9.17, 15) is 9.59 Å². The molecule has 0 aromatic carbocycles. The molecule has 82 valence electrons. The second kappa shape index (κ2) is 5.75. The lowest BCUT2D eigenvalue weighted by atomic mass is 9.86. The summed E-state index contributed by atoms with van der Waals surface area (Å²) in [4.78, 5) is 21.8. The van der Waals surface area contributed by atoms with Gasteiger partial charge in [-0.1, -0.05) is 33.1 Å². The smallest absolute Gasteiger partial charge is 0.374 e. The molecule has 0 fully saturated rings. The molecule has 0 rings (SSSR count). The standard InChI is InChI=1S/C10H19NO3/c1-3-5-6-7-10(11,4-2)8(12)9(13)14/h3-7,11H2,1-2H3,(H,13,14). The molecular weight excluding hydrogens is 182 g/mol. The predicted octanol–water partition coefficient (Wildman–Crippen LogP) is 1.33. The summed E-state index contributed by atoms with van der Waals surface area (Å²) >= 11 is 0. The molecule has 0 aliphatic rings. The van der Waals surface area contributed by atoms with Crippen molar-refractivity contribution in [1.82, 2.24) is 0 Å². The van der Waals surface area contributed by atoms with E-state index in [1.165, 1.54) is 0 Å². The van der Waals surface area contributed by atoms with Crippen LogP contribution in [0.25, 0.3) is 0 Å². The molecule has 4 nitrogen and oxygen atoms in total. The van der Waals surface area contributed by atoms with Gasteiger partial charge < -0.3 is 10.8 Å². The van der Waals surface area contributed by atoms with E-state index in [1.54, 1.807) is 6.92 Å². The van der Waals surface area contributed by atoms with Gasteiger partial charge in [0.25, 0.3) is 5.78 Å². The number of carboxylic acids is 1. The number of hydrogen-bond donors (Lipinski definition) is 2. The lowest BCUT2D eigenvalue weighted by molar-refractivity contribution is -0.152. The summed E-state index contributed by atoms with van der Waals surface area (Å²) in [5.41, 5.74) is 4.59. The Labute approximate surface area is 84.5 Å². The first kappa shape index (κ1) is 13.1. The van der Waals surface area contributed by atoms with Crippen molar-refractivity contribution in [2.45, 2.75) is 51.5 Å². The van der Waals surface area contributed by atoms with Crippen LogP contribution in [-0.2, 0) is 9.59 Å². The Morgan fingerprint density at radius 1 is 1.29 bits per heavy atom. The van der Waals surface area contributed by atoms with E-state index in [-0.39, 0.29) is 0 Å². The number of Topliss-reactive ketones (excluding diaryl/α,β-unsaturated/α-hetero) is 1. The highest BCUT2D eigenvalue weighted by molar-refractivity contribution is 6.36. The Morgan fingerprint density at radius 2 is 1.86 bits per heavy atom. The minimum Gasteiger partial charge on any atom is -0.475 e. The molecule has 0 spiro atoms. The molecule has 0 aromatic heterocycles. The van der Waals surface area contributed by atoms with E-state index in [2.05, 4.69) is 0 Å². The van der Waals surface area contributed by atoms with Crippen LogP contribution in [0.4, 0.5) is 0 Å². The van der Waals surface area contributed by atoms with Crippen molar-refractivity contribution in [3.05, 3.63) is 0 Å². The van der Waals surface area contributed by atoms with Crippen LogP contribution in [0.5, 0.6) is 0 Å². The van der Waals surface area contributed by atoms with E-state index in [0.717, 1.165) is 19.3 Å². The fraction of sp³-hybridized carbons (Fsp3) is 0.800. The van der Waals surface area contributed by atoms with Crippen molar-refractivity contribution in [3.8, 4) is 0 Å². The van der Waals surface area contributed by atoms with Crippen LogP contribution >= 0.6 is 0 Å². The first-order valence-electron chi connectivity index (χ1n) is 5.04. The molecule has 0 amide bonds. The molecule has 4 heteroatoms. The first-order chi connectivity index (χ1) is 6.48. The second-order valence-corrected chi connectivity index (χ2v) is 3.60. The Morgan fingerprint density at radius 3 is 2.21 bits per heavy atom. The minimum atomic E-state index is -1.43. The van der Waals surface area contributed by atoms with Crippen LogP contribution in [0.1, 0.15) is 46.0 Å². The fourth-order valence-electron chi connectivity index (χ4n) is 1.35. The molecule has 0 saturated carbocycles. The average molecular weight is 201 g/mol. The second-order valence-electron chi connectivity index (χ2n) is 3.60. The van der Waals surface area contributed by atoms with Crippen molar-refractivity contribution in [1.29, 1.82) is 0 Å². The SMILES string of the molecule is CCCCCC(N)(CC)C(=O)C(=O)O. The van der Waals surface area contributed by atoms with Crippen molar-refractivity contribution in [3.63, 3.8) is 0 Å². The quantitative estimate of drug-likeness (QED) is 0.481. The van der Waals surface area contributed by atoms with Crippen molar-refractivity contribution in [2.24, 2.45) is 5.73 Å². The van der Waals surface area contributed by atoms with Crippen LogP contribution in [0.2, 0.25) is 0 Å². The number of carbonyl (C=O) groups excluding carboxylic acids is 1. The highest BCUT2D eigenvalue weighted by Crippen LogP contribution is 2.17. The van der Waals surface area contributed by atoms with Gasteiger partial charge in [-0.25, -0.2) is 4.79 Å². The highest BCUT2D eigenvalue weighted by Gasteiger charge is 2.35. The van der Waals surface area contributed by atoms with E-state index >= 15 is 0 Å². The predicted molar refractivity (Wildman–Crippen MR) is 54.0 cm³/mol. The molecule has 3 N–H and O–H groups in total.